The van der Waals surface area contributed by atoms with E-state index in [9.17, 15) is 9.18 Å². The molecule has 24 heavy (non-hydrogen) atoms. The molecule has 5 nitrogen and oxygen atoms in total. The number of benzene rings is 1. The van der Waals surface area contributed by atoms with Crippen LogP contribution in [0.15, 0.2) is 29.3 Å². The number of nitrogens with one attached hydrogen (secondary N) is 2. The average Bonchev–Trinajstić information content (AvgIpc) is 2.93. The van der Waals surface area contributed by atoms with E-state index in [0.29, 0.717) is 11.1 Å². The van der Waals surface area contributed by atoms with Gasteiger partial charge in [0.2, 0.25) is 5.91 Å². The maximum absolute atomic E-state index is 13.1. The van der Waals surface area contributed by atoms with Crippen molar-refractivity contribution in [2.24, 2.45) is 10.4 Å². The summed E-state index contributed by atoms with van der Waals surface area (Å²) in [6, 6.07) is 5.88. The summed E-state index contributed by atoms with van der Waals surface area (Å²) in [6.45, 7) is 2.13. The first-order valence-corrected chi connectivity index (χ1v) is 8.11. The van der Waals surface area contributed by atoms with E-state index in [1.165, 1.54) is 37.8 Å². The Bertz CT molecular complexity index is 618. The summed E-state index contributed by atoms with van der Waals surface area (Å²) in [4.78, 5) is 18.5. The van der Waals surface area contributed by atoms with Crippen LogP contribution >= 0.6 is 24.0 Å². The maximum atomic E-state index is 13.1. The van der Waals surface area contributed by atoms with Gasteiger partial charge >= 0.3 is 0 Å². The number of aliphatic imine (C=N–C) groups is 1. The van der Waals surface area contributed by atoms with Crippen molar-refractivity contribution in [2.45, 2.75) is 25.7 Å². The predicted molar refractivity (Wildman–Crippen MR) is 104 cm³/mol. The average molecular weight is 446 g/mol. The Morgan fingerprint density at radius 2 is 2.17 bits per heavy atom. The molecule has 0 unspecified atom stereocenters. The molecule has 1 saturated carbocycles. The first-order valence-electron chi connectivity index (χ1n) is 8.11. The van der Waals surface area contributed by atoms with Crippen LogP contribution in [0, 0.1) is 11.2 Å². The molecule has 1 aliphatic heterocycles. The van der Waals surface area contributed by atoms with Gasteiger partial charge < -0.3 is 15.5 Å². The highest BCUT2D eigenvalue weighted by atomic mass is 127. The van der Waals surface area contributed by atoms with E-state index in [4.69, 9.17) is 0 Å². The highest BCUT2D eigenvalue weighted by Crippen LogP contribution is 2.47. The smallest absolute Gasteiger partial charge is 0.243 e. The fraction of sp³-hybridized carbons (Fsp3) is 0.529. The largest absolute Gasteiger partial charge is 0.347 e. The molecule has 1 aromatic carbocycles. The molecule has 1 aromatic rings. The van der Waals surface area contributed by atoms with E-state index in [1.807, 2.05) is 0 Å². The summed E-state index contributed by atoms with van der Waals surface area (Å²) >= 11 is 0. The van der Waals surface area contributed by atoms with Gasteiger partial charge in [-0.3, -0.25) is 9.79 Å². The van der Waals surface area contributed by atoms with Crippen LogP contribution in [0.3, 0.4) is 0 Å². The number of anilines is 1. The SMILES string of the molecule is CN=C(NCC(=O)Nc1cccc(F)c1)N1CCC2(CCC2)C1.I. The number of likely N-dealkylation sites (tertiary alicyclic amines) is 1. The molecule has 132 valence electrons. The predicted octanol–water partition coefficient (Wildman–Crippen LogP) is 2.83. The lowest BCUT2D eigenvalue weighted by atomic mass is 9.68. The Balaban J connectivity index is 0.00000208. The molecular formula is C17H24FIN4O. The van der Waals surface area contributed by atoms with Gasteiger partial charge in [0.25, 0.3) is 0 Å². The van der Waals surface area contributed by atoms with E-state index in [1.54, 1.807) is 19.2 Å². The zero-order valence-electron chi connectivity index (χ0n) is 13.8. The van der Waals surface area contributed by atoms with Gasteiger partial charge in [-0.1, -0.05) is 12.5 Å². The molecule has 0 bridgehead atoms. The summed E-state index contributed by atoms with van der Waals surface area (Å²) < 4.78 is 13.1. The van der Waals surface area contributed by atoms with Crippen molar-refractivity contribution in [1.82, 2.24) is 10.2 Å². The number of carbonyl (C=O) groups is 1. The van der Waals surface area contributed by atoms with E-state index in [0.717, 1.165) is 19.0 Å². The van der Waals surface area contributed by atoms with Crippen LogP contribution in [0.1, 0.15) is 25.7 Å². The Kier molecular flexibility index (Phi) is 6.42. The number of nitrogens with zero attached hydrogens (tertiary/aromatic N) is 2. The molecule has 2 fully saturated rings. The van der Waals surface area contributed by atoms with Gasteiger partial charge in [-0.15, -0.1) is 24.0 Å². The summed E-state index contributed by atoms with van der Waals surface area (Å²) in [5, 5.41) is 5.78. The van der Waals surface area contributed by atoms with Crippen molar-refractivity contribution < 1.29 is 9.18 Å². The minimum atomic E-state index is -0.366. The van der Waals surface area contributed by atoms with Crippen molar-refractivity contribution in [1.29, 1.82) is 0 Å². The van der Waals surface area contributed by atoms with Crippen LogP contribution in [-0.4, -0.2) is 43.4 Å². The number of hydrogen-bond donors (Lipinski definition) is 2. The summed E-state index contributed by atoms with van der Waals surface area (Å²) in [5.41, 5.74) is 0.947. The van der Waals surface area contributed by atoms with Crippen molar-refractivity contribution >= 4 is 41.5 Å². The molecule has 1 spiro atoms. The normalized spacial score (nSPS) is 18.8. The monoisotopic (exact) mass is 446 g/mol. The van der Waals surface area contributed by atoms with Crippen molar-refractivity contribution in [3.8, 4) is 0 Å². The van der Waals surface area contributed by atoms with Gasteiger partial charge in [0.05, 0.1) is 6.54 Å². The standard InChI is InChI=1S/C17H23FN4O.HI/c1-19-16(22-9-8-17(12-22)6-3-7-17)20-11-15(23)21-14-5-2-4-13(18)10-14;/h2,4-5,10H,3,6-9,11-12H2,1H3,(H,19,20)(H,21,23);1H. The van der Waals surface area contributed by atoms with Crippen molar-refractivity contribution in [3.63, 3.8) is 0 Å². The molecule has 3 rings (SSSR count). The number of rotatable bonds is 3. The van der Waals surface area contributed by atoms with Gasteiger partial charge in [-0.05, 0) is 42.9 Å². The van der Waals surface area contributed by atoms with E-state index >= 15 is 0 Å². The van der Waals surface area contributed by atoms with Gasteiger partial charge in [0.1, 0.15) is 5.82 Å². The third kappa shape index (κ3) is 4.37. The second-order valence-corrected chi connectivity index (χ2v) is 6.48. The highest BCUT2D eigenvalue weighted by molar-refractivity contribution is 14.0. The molecule has 2 N–H and O–H groups in total. The lowest BCUT2D eigenvalue weighted by Gasteiger charge is -2.38. The van der Waals surface area contributed by atoms with Gasteiger partial charge in [-0.2, -0.15) is 0 Å². The molecule has 1 saturated heterocycles. The van der Waals surface area contributed by atoms with E-state index < -0.39 is 0 Å². The second-order valence-electron chi connectivity index (χ2n) is 6.48. The van der Waals surface area contributed by atoms with Crippen LogP contribution < -0.4 is 10.6 Å². The fourth-order valence-corrected chi connectivity index (χ4v) is 3.46. The summed E-state index contributed by atoms with van der Waals surface area (Å²) in [5.74, 6) is 0.187. The van der Waals surface area contributed by atoms with E-state index in [-0.39, 0.29) is 42.2 Å². The molecule has 7 heteroatoms. The third-order valence-corrected chi connectivity index (χ3v) is 4.88. The van der Waals surface area contributed by atoms with E-state index in [2.05, 4.69) is 20.5 Å². The highest BCUT2D eigenvalue weighted by Gasteiger charge is 2.43. The Morgan fingerprint density at radius 1 is 1.38 bits per heavy atom. The van der Waals surface area contributed by atoms with Crippen LogP contribution in [0.2, 0.25) is 0 Å². The van der Waals surface area contributed by atoms with Crippen LogP contribution in [0.5, 0.6) is 0 Å². The minimum Gasteiger partial charge on any atom is -0.347 e. The third-order valence-electron chi connectivity index (χ3n) is 4.88. The molecule has 0 radical (unpaired) electrons. The lowest BCUT2D eigenvalue weighted by Crippen LogP contribution is -2.44. The number of hydrogen-bond acceptors (Lipinski definition) is 2. The van der Waals surface area contributed by atoms with Crippen LogP contribution in [0.25, 0.3) is 0 Å². The van der Waals surface area contributed by atoms with Crippen molar-refractivity contribution in [3.05, 3.63) is 30.1 Å². The summed E-state index contributed by atoms with van der Waals surface area (Å²) in [6.07, 6.45) is 5.15. The zero-order chi connectivity index (χ0) is 16.3. The Labute approximate surface area is 159 Å². The zero-order valence-corrected chi connectivity index (χ0v) is 16.2. The minimum absolute atomic E-state index is 0. The Hall–Kier alpha value is -1.38. The van der Waals surface area contributed by atoms with Gasteiger partial charge in [-0.25, -0.2) is 4.39 Å². The molecule has 1 heterocycles. The Morgan fingerprint density at radius 3 is 2.75 bits per heavy atom. The maximum Gasteiger partial charge on any atom is 0.243 e. The lowest BCUT2D eigenvalue weighted by molar-refractivity contribution is -0.115. The van der Waals surface area contributed by atoms with Crippen LogP contribution in [-0.2, 0) is 4.79 Å². The molecule has 1 aliphatic carbocycles. The molecule has 1 amide bonds. The molecule has 0 atom stereocenters. The molecule has 0 aromatic heterocycles. The topological polar surface area (TPSA) is 56.7 Å². The van der Waals surface area contributed by atoms with Crippen molar-refractivity contribution in [2.75, 3.05) is 32.0 Å². The number of guanidine groups is 1. The van der Waals surface area contributed by atoms with Crippen LogP contribution in [0.4, 0.5) is 10.1 Å². The summed E-state index contributed by atoms with van der Waals surface area (Å²) in [7, 11) is 1.73. The number of amides is 1. The quantitative estimate of drug-likeness (QED) is 0.427. The molecule has 2 aliphatic rings. The molecular weight excluding hydrogens is 422 g/mol. The second kappa shape index (κ2) is 8.13. The number of carbonyl (C=O) groups excluding carboxylic acids is 1. The van der Waals surface area contributed by atoms with Gasteiger partial charge in [0, 0.05) is 25.8 Å². The fourth-order valence-electron chi connectivity index (χ4n) is 3.46. The van der Waals surface area contributed by atoms with Gasteiger partial charge in [0.15, 0.2) is 5.96 Å². The first-order chi connectivity index (χ1) is 11.1. The number of halogens is 2. The first kappa shape index (κ1) is 19.0.